The Bertz CT molecular complexity index is 2890. The van der Waals surface area contributed by atoms with Gasteiger partial charge in [0.15, 0.2) is 0 Å². The van der Waals surface area contributed by atoms with Crippen molar-refractivity contribution in [2.24, 2.45) is 0 Å². The van der Waals surface area contributed by atoms with E-state index >= 15 is 0 Å². The molecule has 0 fully saturated rings. The van der Waals surface area contributed by atoms with Crippen molar-refractivity contribution in [1.29, 1.82) is 0 Å². The van der Waals surface area contributed by atoms with Crippen LogP contribution in [0.2, 0.25) is 0 Å². The quantitative estimate of drug-likeness (QED) is 0.141. The van der Waals surface area contributed by atoms with Crippen LogP contribution in [0.4, 0.5) is 17.1 Å². The summed E-state index contributed by atoms with van der Waals surface area (Å²) in [7, 11) is 0. The van der Waals surface area contributed by atoms with E-state index in [2.05, 4.69) is 241 Å². The van der Waals surface area contributed by atoms with Gasteiger partial charge in [0.1, 0.15) is 0 Å². The molecule has 0 saturated heterocycles. The van der Waals surface area contributed by atoms with Gasteiger partial charge in [-0.3, -0.25) is 0 Å². The minimum atomic E-state index is 1.09. The predicted octanol–water partition coefficient (Wildman–Crippen LogP) is 15.8. The third kappa shape index (κ3) is 6.46. The maximum Gasteiger partial charge on any atom is 0.0467 e. The average molecular weight is 726 g/mol. The fraction of sp³-hybridized carbons (Fsp3) is 0. The van der Waals surface area contributed by atoms with Crippen molar-refractivity contribution in [3.05, 3.63) is 237 Å². The van der Waals surface area contributed by atoms with Crippen molar-refractivity contribution in [3.63, 3.8) is 0 Å². The van der Waals surface area contributed by atoms with E-state index in [-0.39, 0.29) is 0 Å². The molecule has 0 bridgehead atoms. The second-order valence-electron chi connectivity index (χ2n) is 14.5. The van der Waals surface area contributed by atoms with E-state index in [0.717, 1.165) is 17.1 Å². The molecule has 0 atom stereocenters. The Labute approximate surface area is 334 Å². The number of hydrogen-bond donors (Lipinski definition) is 0. The summed E-state index contributed by atoms with van der Waals surface area (Å²) in [5, 5.41) is 5.02. The van der Waals surface area contributed by atoms with Gasteiger partial charge in [0.2, 0.25) is 0 Å². The molecule has 0 unspecified atom stereocenters. The normalized spacial score (nSPS) is 11.2. The number of anilines is 3. The van der Waals surface area contributed by atoms with Crippen LogP contribution in [0.1, 0.15) is 0 Å². The molecule has 0 amide bonds. The Morgan fingerprint density at radius 1 is 0.228 bits per heavy atom. The molecule has 0 heterocycles. The highest BCUT2D eigenvalue weighted by molar-refractivity contribution is 6.25. The van der Waals surface area contributed by atoms with E-state index in [9.17, 15) is 0 Å². The molecule has 0 aliphatic carbocycles. The van der Waals surface area contributed by atoms with Crippen LogP contribution in [0.5, 0.6) is 0 Å². The van der Waals surface area contributed by atoms with Crippen molar-refractivity contribution < 1.29 is 0 Å². The van der Waals surface area contributed by atoms with Gasteiger partial charge in [-0.2, -0.15) is 0 Å². The molecule has 268 valence electrons. The van der Waals surface area contributed by atoms with Gasteiger partial charge >= 0.3 is 0 Å². The molecular weight excluding hydrogens is 687 g/mol. The molecule has 0 aliphatic rings. The Hall–Kier alpha value is -7.48. The van der Waals surface area contributed by atoms with Crippen molar-refractivity contribution in [2.75, 3.05) is 4.90 Å². The number of hydrogen-bond acceptors (Lipinski definition) is 1. The largest absolute Gasteiger partial charge is 0.310 e. The first kappa shape index (κ1) is 34.0. The number of rotatable bonds is 8. The first-order valence-electron chi connectivity index (χ1n) is 19.6. The first-order valence-corrected chi connectivity index (χ1v) is 19.6. The van der Waals surface area contributed by atoms with Crippen LogP contribution in [-0.2, 0) is 0 Å². The van der Waals surface area contributed by atoms with E-state index < -0.39 is 0 Å². The Balaban J connectivity index is 1.15. The monoisotopic (exact) mass is 725 g/mol. The standard InChI is InChI=1S/C56H39N/c1-5-18-40(19-6-1)45-26-15-28-48(38-45)57(49-29-16-27-46(39-49)41-20-7-2-8-21-41)47-36-34-42(35-37-47)50-32-17-33-53-55(44-24-11-4-12-25-44)54(43-22-9-3-10-23-43)51-30-13-14-31-52(51)56(50)53/h1-39H. The van der Waals surface area contributed by atoms with Gasteiger partial charge in [-0.25, -0.2) is 0 Å². The lowest BCUT2D eigenvalue weighted by Crippen LogP contribution is -2.10. The van der Waals surface area contributed by atoms with Crippen LogP contribution in [0, 0.1) is 0 Å². The molecule has 0 N–H and O–H groups in total. The second kappa shape index (κ2) is 15.0. The highest BCUT2D eigenvalue weighted by Crippen LogP contribution is 2.47. The zero-order valence-corrected chi connectivity index (χ0v) is 31.5. The van der Waals surface area contributed by atoms with Crippen LogP contribution in [0.3, 0.4) is 0 Å². The lowest BCUT2D eigenvalue weighted by atomic mass is 9.83. The summed E-state index contributed by atoms with van der Waals surface area (Å²) in [4.78, 5) is 2.38. The average Bonchev–Trinajstić information content (AvgIpc) is 3.30. The van der Waals surface area contributed by atoms with Gasteiger partial charge in [-0.05, 0) is 114 Å². The molecule has 57 heavy (non-hydrogen) atoms. The molecule has 0 spiro atoms. The summed E-state index contributed by atoms with van der Waals surface area (Å²) in [5.74, 6) is 0. The second-order valence-corrected chi connectivity index (χ2v) is 14.5. The zero-order valence-electron chi connectivity index (χ0n) is 31.5. The minimum absolute atomic E-state index is 1.09. The zero-order chi connectivity index (χ0) is 38.0. The van der Waals surface area contributed by atoms with E-state index in [4.69, 9.17) is 0 Å². The van der Waals surface area contributed by atoms with Gasteiger partial charge in [0.05, 0.1) is 0 Å². The number of benzene rings is 10. The maximum absolute atomic E-state index is 2.38. The predicted molar refractivity (Wildman–Crippen MR) is 243 cm³/mol. The molecule has 10 aromatic carbocycles. The maximum atomic E-state index is 2.38. The smallest absolute Gasteiger partial charge is 0.0467 e. The summed E-state index contributed by atoms with van der Waals surface area (Å²) in [6.45, 7) is 0. The van der Waals surface area contributed by atoms with Crippen LogP contribution < -0.4 is 4.90 Å². The van der Waals surface area contributed by atoms with Crippen LogP contribution in [0.25, 0.3) is 77.2 Å². The molecule has 1 nitrogen and oxygen atoms in total. The molecular formula is C56H39N. The number of nitrogens with zero attached hydrogens (tertiary/aromatic N) is 1. The summed E-state index contributed by atoms with van der Waals surface area (Å²) in [6, 6.07) is 85.5. The van der Waals surface area contributed by atoms with Crippen LogP contribution >= 0.6 is 0 Å². The van der Waals surface area contributed by atoms with Gasteiger partial charge in [0.25, 0.3) is 0 Å². The molecule has 0 aromatic heterocycles. The van der Waals surface area contributed by atoms with Gasteiger partial charge in [0, 0.05) is 17.1 Å². The summed E-state index contributed by atoms with van der Waals surface area (Å²) in [6.07, 6.45) is 0. The van der Waals surface area contributed by atoms with Crippen molar-refractivity contribution in [1.82, 2.24) is 0 Å². The van der Waals surface area contributed by atoms with Gasteiger partial charge < -0.3 is 4.90 Å². The lowest BCUT2D eigenvalue weighted by molar-refractivity contribution is 1.28. The third-order valence-corrected chi connectivity index (χ3v) is 11.0. The molecule has 10 rings (SSSR count). The van der Waals surface area contributed by atoms with E-state index in [1.165, 1.54) is 77.2 Å². The lowest BCUT2D eigenvalue weighted by Gasteiger charge is -2.27. The van der Waals surface area contributed by atoms with E-state index in [1.54, 1.807) is 0 Å². The molecule has 0 saturated carbocycles. The molecule has 1 heteroatoms. The van der Waals surface area contributed by atoms with Crippen molar-refractivity contribution in [2.45, 2.75) is 0 Å². The van der Waals surface area contributed by atoms with Crippen LogP contribution in [-0.4, -0.2) is 0 Å². The SMILES string of the molecule is c1ccc(-c2cccc(N(c3ccc(-c4cccc5c(-c6ccccc6)c(-c6ccccc6)c6ccccc6c45)cc3)c3cccc(-c4ccccc4)c3)c2)cc1. The highest BCUT2D eigenvalue weighted by Gasteiger charge is 2.20. The first-order chi connectivity index (χ1) is 28.3. The van der Waals surface area contributed by atoms with Crippen molar-refractivity contribution in [3.8, 4) is 55.6 Å². The number of fused-ring (bicyclic) bond motifs is 3. The highest BCUT2D eigenvalue weighted by atomic mass is 15.1. The van der Waals surface area contributed by atoms with E-state index in [1.807, 2.05) is 0 Å². The van der Waals surface area contributed by atoms with Crippen molar-refractivity contribution >= 4 is 38.6 Å². The fourth-order valence-corrected chi connectivity index (χ4v) is 8.44. The molecule has 0 aliphatic heterocycles. The summed E-state index contributed by atoms with van der Waals surface area (Å²) < 4.78 is 0. The summed E-state index contributed by atoms with van der Waals surface area (Å²) in [5.41, 5.74) is 15.4. The Morgan fingerprint density at radius 3 is 1.16 bits per heavy atom. The Morgan fingerprint density at radius 2 is 0.632 bits per heavy atom. The van der Waals surface area contributed by atoms with Gasteiger partial charge in [-0.1, -0.05) is 200 Å². The van der Waals surface area contributed by atoms with E-state index in [0.29, 0.717) is 0 Å². The third-order valence-electron chi connectivity index (χ3n) is 11.0. The molecule has 0 radical (unpaired) electrons. The minimum Gasteiger partial charge on any atom is -0.310 e. The topological polar surface area (TPSA) is 3.24 Å². The van der Waals surface area contributed by atoms with Crippen LogP contribution in [0.15, 0.2) is 237 Å². The summed E-state index contributed by atoms with van der Waals surface area (Å²) >= 11 is 0. The molecule has 10 aromatic rings. The fourth-order valence-electron chi connectivity index (χ4n) is 8.44. The van der Waals surface area contributed by atoms with Gasteiger partial charge in [-0.15, -0.1) is 0 Å². The Kier molecular flexibility index (Phi) is 8.95.